The number of hydrogen-bond donors (Lipinski definition) is 1. The first-order valence-electron chi connectivity index (χ1n) is 9.80. The molecule has 1 unspecified atom stereocenters. The fourth-order valence-corrected chi connectivity index (χ4v) is 4.14. The lowest BCUT2D eigenvalue weighted by Gasteiger charge is -2.23. The number of anilines is 1. The summed E-state index contributed by atoms with van der Waals surface area (Å²) in [5, 5.41) is 8.99. The van der Waals surface area contributed by atoms with E-state index in [1.165, 1.54) is 10.7 Å². The van der Waals surface area contributed by atoms with Gasteiger partial charge < -0.3 is 5.32 Å². The second-order valence-electron chi connectivity index (χ2n) is 7.59. The molecule has 0 saturated heterocycles. The van der Waals surface area contributed by atoms with Gasteiger partial charge in [0.25, 0.3) is 0 Å². The number of Topliss-reactive ketones (excluding diaryl/α,β-unsaturated/α-hetero) is 1. The van der Waals surface area contributed by atoms with Crippen molar-refractivity contribution in [3.8, 4) is 5.69 Å². The summed E-state index contributed by atoms with van der Waals surface area (Å²) in [6, 6.07) is 16.2. The summed E-state index contributed by atoms with van der Waals surface area (Å²) >= 11 is 0. The zero-order chi connectivity index (χ0) is 21.7. The molecule has 1 N–H and O–H groups in total. The van der Waals surface area contributed by atoms with Gasteiger partial charge in [-0.3, -0.25) is 9.59 Å². The van der Waals surface area contributed by atoms with Crippen LogP contribution in [0.15, 0.2) is 60.7 Å². The minimum absolute atomic E-state index is 0.00939. The van der Waals surface area contributed by atoms with Gasteiger partial charge in [-0.25, -0.2) is 13.5 Å². The van der Waals surface area contributed by atoms with E-state index in [-0.39, 0.29) is 29.6 Å². The molecule has 0 spiro atoms. The van der Waals surface area contributed by atoms with Gasteiger partial charge in [-0.2, -0.15) is 5.10 Å². The van der Waals surface area contributed by atoms with Crippen LogP contribution in [-0.4, -0.2) is 21.5 Å². The first-order valence-corrected chi connectivity index (χ1v) is 9.80. The number of ketones is 1. The van der Waals surface area contributed by atoms with Gasteiger partial charge in [0.15, 0.2) is 11.6 Å². The lowest BCUT2D eigenvalue weighted by atomic mass is 9.85. The molecule has 0 aliphatic carbocycles. The monoisotopic (exact) mass is 417 g/mol. The van der Waals surface area contributed by atoms with Crippen molar-refractivity contribution in [3.63, 3.8) is 0 Å². The summed E-state index contributed by atoms with van der Waals surface area (Å²) in [7, 11) is 0. The van der Waals surface area contributed by atoms with Gasteiger partial charge in [-0.15, -0.1) is 0 Å². The second-order valence-corrected chi connectivity index (χ2v) is 7.59. The lowest BCUT2D eigenvalue weighted by Crippen LogP contribution is -2.28. The largest absolute Gasteiger partial charge is 0.310 e. The molecule has 1 aliphatic rings. The zero-order valence-electron chi connectivity index (χ0n) is 16.5. The number of hydrogen-bond acceptors (Lipinski definition) is 3. The van der Waals surface area contributed by atoms with Crippen LogP contribution in [0.2, 0.25) is 0 Å². The van der Waals surface area contributed by atoms with Crippen molar-refractivity contribution in [2.24, 2.45) is 0 Å². The number of nitrogens with one attached hydrogen (secondary N) is 1. The maximum absolute atomic E-state index is 14.4. The number of aromatic nitrogens is 2. The van der Waals surface area contributed by atoms with E-state index in [1.807, 2.05) is 36.4 Å². The minimum atomic E-state index is -0.817. The van der Waals surface area contributed by atoms with Gasteiger partial charge in [0.1, 0.15) is 17.3 Å². The number of amides is 1. The summed E-state index contributed by atoms with van der Waals surface area (Å²) in [5.41, 5.74) is 1.52. The van der Waals surface area contributed by atoms with E-state index >= 15 is 0 Å². The van der Waals surface area contributed by atoms with Gasteiger partial charge in [0.05, 0.1) is 11.6 Å². The molecule has 4 aromatic rings. The van der Waals surface area contributed by atoms with E-state index in [1.54, 1.807) is 13.0 Å². The van der Waals surface area contributed by atoms with Crippen molar-refractivity contribution in [2.75, 3.05) is 5.32 Å². The number of halogens is 2. The van der Waals surface area contributed by atoms with Crippen LogP contribution >= 0.6 is 0 Å². The molecule has 1 amide bonds. The Balaban J connectivity index is 1.62. The Kier molecular flexibility index (Phi) is 4.39. The van der Waals surface area contributed by atoms with Crippen LogP contribution in [0.25, 0.3) is 16.5 Å². The molecule has 31 heavy (non-hydrogen) atoms. The molecular weight excluding hydrogens is 400 g/mol. The molecule has 0 saturated carbocycles. The molecule has 1 aromatic heterocycles. The van der Waals surface area contributed by atoms with Crippen LogP contribution in [0.1, 0.15) is 34.0 Å². The van der Waals surface area contributed by atoms with Crippen molar-refractivity contribution in [2.45, 2.75) is 19.3 Å². The van der Waals surface area contributed by atoms with Crippen molar-refractivity contribution in [3.05, 3.63) is 89.1 Å². The third-order valence-corrected chi connectivity index (χ3v) is 5.59. The van der Waals surface area contributed by atoms with Gasteiger partial charge in [0, 0.05) is 23.6 Å². The van der Waals surface area contributed by atoms with Gasteiger partial charge in [-0.1, -0.05) is 36.4 Å². The maximum atomic E-state index is 14.4. The van der Waals surface area contributed by atoms with Crippen LogP contribution in [0, 0.1) is 18.6 Å². The molecule has 7 heteroatoms. The standard InChI is InChI=1S/C24H17F2N3O2/c1-13-22-18(23(31)16-7-6-14-4-2-3-5-15(14)10-16)12-21(30)27-24(22)29(28-13)20-9-8-17(25)11-19(20)26/h2-11,18H,12H2,1H3,(H,27,30). The molecule has 2 heterocycles. The maximum Gasteiger partial charge on any atom is 0.226 e. The number of nitrogens with zero attached hydrogens (tertiary/aromatic N) is 2. The average molecular weight is 417 g/mol. The van der Waals surface area contributed by atoms with E-state index in [0.717, 1.165) is 22.9 Å². The Bertz CT molecular complexity index is 1380. The Hall–Kier alpha value is -3.87. The molecule has 1 atom stereocenters. The Morgan fingerprint density at radius 1 is 1.06 bits per heavy atom. The van der Waals surface area contributed by atoms with E-state index < -0.39 is 17.6 Å². The highest BCUT2D eigenvalue weighted by Gasteiger charge is 2.36. The predicted octanol–water partition coefficient (Wildman–Crippen LogP) is 4.92. The SMILES string of the molecule is Cc1nn(-c2ccc(F)cc2F)c2c1C(C(=O)c1ccc3ccccc3c1)CC(=O)N2. The lowest BCUT2D eigenvalue weighted by molar-refractivity contribution is -0.116. The quantitative estimate of drug-likeness (QED) is 0.481. The number of rotatable bonds is 3. The van der Waals surface area contributed by atoms with Crippen LogP contribution in [0.5, 0.6) is 0 Å². The molecule has 5 nitrogen and oxygen atoms in total. The van der Waals surface area contributed by atoms with E-state index in [0.29, 0.717) is 16.8 Å². The summed E-state index contributed by atoms with van der Waals surface area (Å²) in [4.78, 5) is 25.9. The van der Waals surface area contributed by atoms with E-state index in [2.05, 4.69) is 10.4 Å². The van der Waals surface area contributed by atoms with Crippen molar-refractivity contribution in [1.29, 1.82) is 0 Å². The van der Waals surface area contributed by atoms with Crippen LogP contribution in [0.3, 0.4) is 0 Å². The fraction of sp³-hybridized carbons (Fsp3) is 0.125. The van der Waals surface area contributed by atoms with E-state index in [9.17, 15) is 18.4 Å². The highest BCUT2D eigenvalue weighted by atomic mass is 19.1. The van der Waals surface area contributed by atoms with Crippen molar-refractivity contribution >= 4 is 28.3 Å². The normalized spacial score (nSPS) is 15.6. The summed E-state index contributed by atoms with van der Waals surface area (Å²) in [6.45, 7) is 1.70. The molecule has 0 radical (unpaired) electrons. The number of carbonyl (C=O) groups is 2. The molecular formula is C24H17F2N3O2. The van der Waals surface area contributed by atoms with Crippen LogP contribution < -0.4 is 5.32 Å². The Labute approximate surface area is 176 Å². The Morgan fingerprint density at radius 2 is 1.84 bits per heavy atom. The van der Waals surface area contributed by atoms with Gasteiger partial charge in [0.2, 0.25) is 5.91 Å². The van der Waals surface area contributed by atoms with Crippen molar-refractivity contribution < 1.29 is 18.4 Å². The van der Waals surface area contributed by atoms with Crippen LogP contribution in [-0.2, 0) is 4.79 Å². The van der Waals surface area contributed by atoms with Crippen LogP contribution in [0.4, 0.5) is 14.6 Å². The number of aryl methyl sites for hydroxylation is 1. The summed E-state index contributed by atoms with van der Waals surface area (Å²) < 4.78 is 29.0. The predicted molar refractivity (Wildman–Crippen MR) is 112 cm³/mol. The molecule has 0 bridgehead atoms. The smallest absolute Gasteiger partial charge is 0.226 e. The average Bonchev–Trinajstić information content (AvgIpc) is 3.08. The Morgan fingerprint density at radius 3 is 2.61 bits per heavy atom. The molecule has 154 valence electrons. The fourth-order valence-electron chi connectivity index (χ4n) is 4.14. The second kappa shape index (κ2) is 7.12. The topological polar surface area (TPSA) is 64.0 Å². The first-order chi connectivity index (χ1) is 14.9. The molecule has 3 aromatic carbocycles. The highest BCUT2D eigenvalue weighted by molar-refractivity contribution is 6.09. The number of benzene rings is 3. The third kappa shape index (κ3) is 3.18. The number of carbonyl (C=O) groups excluding carboxylic acids is 2. The third-order valence-electron chi connectivity index (χ3n) is 5.59. The van der Waals surface area contributed by atoms with Gasteiger partial charge in [-0.05, 0) is 35.9 Å². The zero-order valence-corrected chi connectivity index (χ0v) is 16.5. The first kappa shape index (κ1) is 19.1. The summed E-state index contributed by atoms with van der Waals surface area (Å²) in [6.07, 6.45) is -0.0307. The minimum Gasteiger partial charge on any atom is -0.310 e. The van der Waals surface area contributed by atoms with Gasteiger partial charge >= 0.3 is 0 Å². The molecule has 0 fully saturated rings. The highest BCUT2D eigenvalue weighted by Crippen LogP contribution is 2.38. The molecule has 5 rings (SSSR count). The number of fused-ring (bicyclic) bond motifs is 2. The van der Waals surface area contributed by atoms with E-state index in [4.69, 9.17) is 0 Å². The molecule has 1 aliphatic heterocycles. The summed E-state index contributed by atoms with van der Waals surface area (Å²) in [5.74, 6) is -2.62. The van der Waals surface area contributed by atoms with Crippen molar-refractivity contribution in [1.82, 2.24) is 9.78 Å².